The van der Waals surface area contributed by atoms with Crippen LogP contribution in [0.3, 0.4) is 0 Å². The first-order chi connectivity index (χ1) is 10.2. The zero-order valence-electron chi connectivity index (χ0n) is 12.1. The summed E-state index contributed by atoms with van der Waals surface area (Å²) in [5.74, 6) is -0.299. The molecule has 0 saturated heterocycles. The molecule has 0 radical (unpaired) electrons. The average Bonchev–Trinajstić information content (AvgIpc) is 2.49. The molecule has 4 heteroatoms. The highest BCUT2D eigenvalue weighted by atomic mass is 16.5. The van der Waals surface area contributed by atoms with Crippen molar-refractivity contribution in [3.8, 4) is 0 Å². The van der Waals surface area contributed by atoms with Crippen LogP contribution in [0.1, 0.15) is 22.8 Å². The number of hydrogen-bond donors (Lipinski definition) is 1. The van der Waals surface area contributed by atoms with Crippen molar-refractivity contribution >= 4 is 12.1 Å². The molecule has 108 valence electrons. The van der Waals surface area contributed by atoms with Crippen LogP contribution in [0.5, 0.6) is 0 Å². The van der Waals surface area contributed by atoms with Gasteiger partial charge in [0, 0.05) is 7.11 Å². The quantitative estimate of drug-likeness (QED) is 0.677. The lowest BCUT2D eigenvalue weighted by Crippen LogP contribution is -2.26. The molecular weight excluding hydrogens is 264 g/mol. The Kier molecular flexibility index (Phi) is 5.23. The number of benzene rings is 2. The van der Waals surface area contributed by atoms with Gasteiger partial charge in [0.05, 0.1) is 6.21 Å². The number of nitrogens with one attached hydrogen (secondary N) is 1. The van der Waals surface area contributed by atoms with Crippen molar-refractivity contribution in [2.24, 2.45) is 5.10 Å². The molecule has 1 N–H and O–H groups in total. The molecule has 2 aromatic carbocycles. The predicted molar refractivity (Wildman–Crippen MR) is 83.1 cm³/mol. The van der Waals surface area contributed by atoms with Gasteiger partial charge in [0.2, 0.25) is 0 Å². The third-order valence-corrected chi connectivity index (χ3v) is 3.01. The van der Waals surface area contributed by atoms with Crippen LogP contribution >= 0.6 is 0 Å². The lowest BCUT2D eigenvalue weighted by atomic mass is 10.1. The van der Waals surface area contributed by atoms with Gasteiger partial charge < -0.3 is 4.74 Å². The molecule has 2 rings (SSSR count). The van der Waals surface area contributed by atoms with Crippen molar-refractivity contribution < 1.29 is 9.53 Å². The number of hydrogen-bond acceptors (Lipinski definition) is 3. The number of carbonyl (C=O) groups excluding carboxylic acids is 1. The summed E-state index contributed by atoms with van der Waals surface area (Å²) in [5, 5.41) is 3.97. The Bertz CT molecular complexity index is 624. The second kappa shape index (κ2) is 7.36. The first-order valence-corrected chi connectivity index (χ1v) is 6.68. The molecule has 0 spiro atoms. The smallest absolute Gasteiger partial charge is 0.273 e. The fraction of sp³-hybridized carbons (Fsp3) is 0.176. The normalized spacial score (nSPS) is 12.3. The molecule has 0 aliphatic heterocycles. The van der Waals surface area contributed by atoms with E-state index in [1.807, 2.05) is 61.5 Å². The molecule has 0 aliphatic carbocycles. The molecule has 21 heavy (non-hydrogen) atoms. The lowest BCUT2D eigenvalue weighted by molar-refractivity contribution is -0.131. The Labute approximate surface area is 124 Å². The molecule has 0 unspecified atom stereocenters. The first kappa shape index (κ1) is 14.9. The van der Waals surface area contributed by atoms with Gasteiger partial charge in [0.25, 0.3) is 5.91 Å². The Morgan fingerprint density at radius 2 is 1.95 bits per heavy atom. The van der Waals surface area contributed by atoms with Gasteiger partial charge in [-0.2, -0.15) is 5.10 Å². The van der Waals surface area contributed by atoms with Gasteiger partial charge in [-0.15, -0.1) is 0 Å². The third-order valence-electron chi connectivity index (χ3n) is 3.01. The van der Waals surface area contributed by atoms with E-state index in [2.05, 4.69) is 10.5 Å². The summed E-state index contributed by atoms with van der Waals surface area (Å²) >= 11 is 0. The summed E-state index contributed by atoms with van der Waals surface area (Å²) in [7, 11) is 1.50. The van der Waals surface area contributed by atoms with Gasteiger partial charge in [0.1, 0.15) is 0 Å². The molecule has 0 heterocycles. The Morgan fingerprint density at radius 3 is 2.62 bits per heavy atom. The van der Waals surface area contributed by atoms with Crippen LogP contribution in [0, 0.1) is 6.92 Å². The second-order valence-electron chi connectivity index (χ2n) is 4.67. The van der Waals surface area contributed by atoms with E-state index >= 15 is 0 Å². The highest BCUT2D eigenvalue weighted by Gasteiger charge is 2.18. The molecule has 0 fully saturated rings. The van der Waals surface area contributed by atoms with Gasteiger partial charge in [0.15, 0.2) is 6.10 Å². The minimum atomic E-state index is -0.666. The number of methoxy groups -OCH3 is 1. The van der Waals surface area contributed by atoms with Crippen LogP contribution in [0.2, 0.25) is 0 Å². The van der Waals surface area contributed by atoms with Crippen molar-refractivity contribution in [3.05, 3.63) is 71.3 Å². The van der Waals surface area contributed by atoms with Gasteiger partial charge in [-0.25, -0.2) is 5.43 Å². The van der Waals surface area contributed by atoms with Crippen molar-refractivity contribution in [1.82, 2.24) is 5.43 Å². The fourth-order valence-electron chi connectivity index (χ4n) is 2.00. The molecular formula is C17H18N2O2. The molecule has 0 aromatic heterocycles. The molecule has 1 amide bonds. The fourth-order valence-corrected chi connectivity index (χ4v) is 2.00. The number of ether oxygens (including phenoxy) is 1. The summed E-state index contributed by atoms with van der Waals surface area (Å²) in [6, 6.07) is 17.2. The zero-order chi connectivity index (χ0) is 15.1. The van der Waals surface area contributed by atoms with Crippen LogP contribution in [-0.2, 0) is 9.53 Å². The van der Waals surface area contributed by atoms with Gasteiger partial charge in [-0.1, -0.05) is 60.2 Å². The SMILES string of the molecule is CO[C@H](C(=O)N/N=C\c1cccc(C)c1)c1ccccc1. The largest absolute Gasteiger partial charge is 0.367 e. The summed E-state index contributed by atoms with van der Waals surface area (Å²) < 4.78 is 5.23. The lowest BCUT2D eigenvalue weighted by Gasteiger charge is -2.13. The summed E-state index contributed by atoms with van der Waals surface area (Å²) in [4.78, 5) is 12.1. The Balaban J connectivity index is 2.00. The molecule has 0 aliphatic rings. The van der Waals surface area contributed by atoms with Gasteiger partial charge in [-0.3, -0.25) is 4.79 Å². The van der Waals surface area contributed by atoms with Crippen LogP contribution < -0.4 is 5.43 Å². The predicted octanol–water partition coefficient (Wildman–Crippen LogP) is 2.83. The summed E-state index contributed by atoms with van der Waals surface area (Å²) in [6.45, 7) is 2.01. The summed E-state index contributed by atoms with van der Waals surface area (Å²) in [5.41, 5.74) is 5.38. The molecule has 4 nitrogen and oxygen atoms in total. The van der Waals surface area contributed by atoms with E-state index in [-0.39, 0.29) is 5.91 Å². The average molecular weight is 282 g/mol. The summed E-state index contributed by atoms with van der Waals surface area (Å²) in [6.07, 6.45) is 0.948. The van der Waals surface area contributed by atoms with Crippen molar-refractivity contribution in [2.75, 3.05) is 7.11 Å². The van der Waals surface area contributed by atoms with E-state index in [0.717, 1.165) is 16.7 Å². The minimum Gasteiger partial charge on any atom is -0.367 e. The number of hydrazone groups is 1. The Hall–Kier alpha value is -2.46. The van der Waals surface area contributed by atoms with Crippen LogP contribution in [-0.4, -0.2) is 19.2 Å². The maximum absolute atomic E-state index is 12.1. The van der Waals surface area contributed by atoms with E-state index in [4.69, 9.17) is 4.74 Å². The number of amides is 1. The van der Waals surface area contributed by atoms with E-state index < -0.39 is 6.10 Å². The highest BCUT2D eigenvalue weighted by Crippen LogP contribution is 2.15. The minimum absolute atomic E-state index is 0.299. The molecule has 0 saturated carbocycles. The zero-order valence-corrected chi connectivity index (χ0v) is 12.1. The topological polar surface area (TPSA) is 50.7 Å². The Morgan fingerprint density at radius 1 is 1.19 bits per heavy atom. The van der Waals surface area contributed by atoms with Crippen LogP contribution in [0.25, 0.3) is 0 Å². The van der Waals surface area contributed by atoms with E-state index in [9.17, 15) is 4.79 Å². The maximum atomic E-state index is 12.1. The van der Waals surface area contributed by atoms with Gasteiger partial charge >= 0.3 is 0 Å². The van der Waals surface area contributed by atoms with Crippen molar-refractivity contribution in [3.63, 3.8) is 0 Å². The number of carbonyl (C=O) groups is 1. The van der Waals surface area contributed by atoms with Crippen molar-refractivity contribution in [2.45, 2.75) is 13.0 Å². The van der Waals surface area contributed by atoms with E-state index in [1.54, 1.807) is 6.21 Å². The molecule has 2 aromatic rings. The molecule has 1 atom stereocenters. The highest BCUT2D eigenvalue weighted by molar-refractivity contribution is 5.85. The first-order valence-electron chi connectivity index (χ1n) is 6.68. The standard InChI is InChI=1S/C17H18N2O2/c1-13-7-6-8-14(11-13)12-18-19-17(20)16(21-2)15-9-4-3-5-10-15/h3-12,16H,1-2H3,(H,19,20)/b18-12-/t16-/m0/s1. The maximum Gasteiger partial charge on any atom is 0.273 e. The third kappa shape index (κ3) is 4.26. The monoisotopic (exact) mass is 282 g/mol. The van der Waals surface area contributed by atoms with Crippen molar-refractivity contribution in [1.29, 1.82) is 0 Å². The van der Waals surface area contributed by atoms with E-state index in [0.29, 0.717) is 0 Å². The molecule has 0 bridgehead atoms. The van der Waals surface area contributed by atoms with Crippen LogP contribution in [0.4, 0.5) is 0 Å². The number of aryl methyl sites for hydroxylation is 1. The number of rotatable bonds is 5. The second-order valence-corrected chi connectivity index (χ2v) is 4.67. The number of nitrogens with zero attached hydrogens (tertiary/aromatic N) is 1. The van der Waals surface area contributed by atoms with Crippen LogP contribution in [0.15, 0.2) is 59.7 Å². The van der Waals surface area contributed by atoms with E-state index in [1.165, 1.54) is 7.11 Å². The van der Waals surface area contributed by atoms with Gasteiger partial charge in [-0.05, 0) is 18.1 Å².